The molecule has 2 atom stereocenters. The van der Waals surface area contributed by atoms with Crippen molar-refractivity contribution in [3.05, 3.63) is 41.8 Å². The van der Waals surface area contributed by atoms with Gasteiger partial charge in [-0.05, 0) is 31.0 Å². The molecule has 1 aromatic carbocycles. The van der Waals surface area contributed by atoms with Gasteiger partial charge in [0, 0.05) is 36.0 Å². The van der Waals surface area contributed by atoms with Gasteiger partial charge in [0.2, 0.25) is 0 Å². The molecule has 7 nitrogen and oxygen atoms in total. The molecule has 1 aliphatic heterocycles. The number of nitrogens with zero attached hydrogens (tertiary/aromatic N) is 1. The number of hydrogen-bond acceptors (Lipinski definition) is 6. The fraction of sp³-hybridized carbons (Fsp3) is 0.316. The average Bonchev–Trinajstić information content (AvgIpc) is 3.03. The van der Waals surface area contributed by atoms with E-state index in [1.807, 2.05) is 31.2 Å². The number of aryl methyl sites for hydroxylation is 1. The van der Waals surface area contributed by atoms with Crippen LogP contribution in [0.4, 0.5) is 21.7 Å². The first-order valence-corrected chi connectivity index (χ1v) is 8.86. The predicted octanol–water partition coefficient (Wildman–Crippen LogP) is 2.99. The topological polar surface area (TPSA) is 108 Å². The monoisotopic (exact) mass is 371 g/mol. The van der Waals surface area contributed by atoms with Gasteiger partial charge in [0.15, 0.2) is 17.5 Å². The number of halogens is 1. The number of benzene rings is 1. The highest BCUT2D eigenvalue weighted by atomic mass is 19.1. The number of anilines is 3. The highest BCUT2D eigenvalue weighted by Gasteiger charge is 2.26. The van der Waals surface area contributed by atoms with E-state index in [1.165, 1.54) is 6.20 Å². The van der Waals surface area contributed by atoms with Crippen molar-refractivity contribution >= 4 is 28.1 Å². The van der Waals surface area contributed by atoms with Crippen LogP contribution in [0.15, 0.2) is 30.5 Å². The summed E-state index contributed by atoms with van der Waals surface area (Å²) in [5.74, 6) is -0.214. The van der Waals surface area contributed by atoms with Crippen molar-refractivity contribution in [2.24, 2.45) is 5.73 Å². The number of aromatic hydroxyl groups is 1. The van der Waals surface area contributed by atoms with Gasteiger partial charge >= 0.3 is 0 Å². The molecule has 3 heterocycles. The lowest BCUT2D eigenvalue weighted by molar-refractivity contribution is 0.0751. The third-order valence-corrected chi connectivity index (χ3v) is 4.77. The van der Waals surface area contributed by atoms with Crippen molar-refractivity contribution in [1.29, 1.82) is 0 Å². The molecule has 1 aliphatic rings. The second-order valence-electron chi connectivity index (χ2n) is 6.82. The third-order valence-electron chi connectivity index (χ3n) is 4.77. The minimum Gasteiger partial charge on any atom is -0.494 e. The van der Waals surface area contributed by atoms with Crippen molar-refractivity contribution in [2.45, 2.75) is 25.4 Å². The lowest BCUT2D eigenvalue weighted by Gasteiger charge is -2.30. The highest BCUT2D eigenvalue weighted by molar-refractivity contribution is 5.99. The number of aromatic amines is 1. The summed E-state index contributed by atoms with van der Waals surface area (Å²) in [4.78, 5) is 7.07. The Labute approximate surface area is 155 Å². The molecular weight excluding hydrogens is 349 g/mol. The third kappa shape index (κ3) is 3.41. The maximum absolute atomic E-state index is 15.0. The van der Waals surface area contributed by atoms with E-state index in [2.05, 4.69) is 20.6 Å². The van der Waals surface area contributed by atoms with Crippen LogP contribution < -0.4 is 16.4 Å². The number of hydrogen-bond donors (Lipinski definition) is 5. The number of fused-ring (bicyclic) bond motifs is 1. The summed E-state index contributed by atoms with van der Waals surface area (Å²) < 4.78 is 20.3. The molecule has 8 heteroatoms. The minimum absolute atomic E-state index is 0.0963. The zero-order valence-corrected chi connectivity index (χ0v) is 14.9. The van der Waals surface area contributed by atoms with Crippen molar-refractivity contribution in [3.63, 3.8) is 0 Å². The van der Waals surface area contributed by atoms with Crippen LogP contribution in [0.25, 0.3) is 10.8 Å². The van der Waals surface area contributed by atoms with Crippen LogP contribution in [0.3, 0.4) is 0 Å². The van der Waals surface area contributed by atoms with Gasteiger partial charge in [-0.3, -0.25) is 0 Å². The second-order valence-corrected chi connectivity index (χ2v) is 6.82. The quantitative estimate of drug-likeness (QED) is 0.482. The molecule has 0 aliphatic carbocycles. The van der Waals surface area contributed by atoms with Crippen LogP contribution in [0, 0.1) is 12.7 Å². The molecule has 3 aromatic rings. The zero-order valence-electron chi connectivity index (χ0n) is 14.9. The van der Waals surface area contributed by atoms with Crippen molar-refractivity contribution in [2.75, 3.05) is 23.8 Å². The highest BCUT2D eigenvalue weighted by Crippen LogP contribution is 2.36. The van der Waals surface area contributed by atoms with Gasteiger partial charge in [-0.2, -0.15) is 0 Å². The maximum Gasteiger partial charge on any atom is 0.200 e. The number of rotatable bonds is 4. The molecule has 2 aromatic heterocycles. The molecule has 27 heavy (non-hydrogen) atoms. The first-order valence-electron chi connectivity index (χ1n) is 8.86. The van der Waals surface area contributed by atoms with Gasteiger partial charge < -0.3 is 31.2 Å². The Balaban J connectivity index is 1.75. The smallest absolute Gasteiger partial charge is 0.200 e. The molecule has 0 saturated carbocycles. The summed E-state index contributed by atoms with van der Waals surface area (Å²) in [6.45, 7) is 2.96. The summed E-state index contributed by atoms with van der Waals surface area (Å²) in [5.41, 5.74) is 7.94. The van der Waals surface area contributed by atoms with Crippen LogP contribution in [-0.2, 0) is 4.74 Å². The predicted molar refractivity (Wildman–Crippen MR) is 103 cm³/mol. The average molecular weight is 371 g/mol. The standard InChI is InChI=1S/C19H22FN5O2/c1-10-3-2-4-11(7-10)23-17-15-12(8-22-19(15)26)16(20)18(25-17)24-14-5-6-27-9-13(14)21/h2-4,7-8,13-14,22,24,26H,5-6,9,21H2,1H3,(H,23,25)/t13-,14+/m0/s1. The van der Waals surface area contributed by atoms with Gasteiger partial charge in [-0.15, -0.1) is 0 Å². The Hall–Kier alpha value is -2.84. The Kier molecular flexibility index (Phi) is 4.59. The minimum atomic E-state index is -0.532. The van der Waals surface area contributed by atoms with Crippen LogP contribution >= 0.6 is 0 Å². The van der Waals surface area contributed by atoms with Gasteiger partial charge in [-0.25, -0.2) is 9.37 Å². The van der Waals surface area contributed by atoms with Crippen molar-refractivity contribution in [3.8, 4) is 5.88 Å². The summed E-state index contributed by atoms with van der Waals surface area (Å²) in [5, 5.41) is 17.0. The van der Waals surface area contributed by atoms with E-state index in [0.717, 1.165) is 11.3 Å². The van der Waals surface area contributed by atoms with Gasteiger partial charge in [0.25, 0.3) is 0 Å². The number of H-pyrrole nitrogens is 1. The molecule has 0 spiro atoms. The number of ether oxygens (including phenoxy) is 1. The fourth-order valence-corrected chi connectivity index (χ4v) is 3.33. The fourth-order valence-electron chi connectivity index (χ4n) is 3.33. The molecular formula is C19H22FN5O2. The first-order chi connectivity index (χ1) is 13.0. The number of pyridine rings is 1. The number of aromatic nitrogens is 2. The van der Waals surface area contributed by atoms with Crippen LogP contribution in [0.2, 0.25) is 0 Å². The van der Waals surface area contributed by atoms with Crippen LogP contribution in [0.1, 0.15) is 12.0 Å². The normalized spacial score (nSPS) is 20.0. The Morgan fingerprint density at radius 3 is 3.00 bits per heavy atom. The van der Waals surface area contributed by atoms with Crippen LogP contribution in [0.5, 0.6) is 5.88 Å². The zero-order chi connectivity index (χ0) is 19.0. The molecule has 0 radical (unpaired) electrons. The van der Waals surface area contributed by atoms with E-state index >= 15 is 0 Å². The van der Waals surface area contributed by atoms with E-state index in [-0.39, 0.29) is 29.2 Å². The molecule has 0 bridgehead atoms. The molecule has 142 valence electrons. The molecule has 1 saturated heterocycles. The van der Waals surface area contributed by atoms with Crippen LogP contribution in [-0.4, -0.2) is 40.4 Å². The molecule has 0 amide bonds. The van der Waals surface area contributed by atoms with E-state index in [0.29, 0.717) is 30.8 Å². The Bertz CT molecular complexity index is 974. The number of nitrogens with one attached hydrogen (secondary N) is 3. The molecule has 1 fully saturated rings. The van der Waals surface area contributed by atoms with E-state index in [1.54, 1.807) is 0 Å². The van der Waals surface area contributed by atoms with E-state index in [4.69, 9.17) is 10.5 Å². The summed E-state index contributed by atoms with van der Waals surface area (Å²) in [7, 11) is 0. The SMILES string of the molecule is Cc1cccc(Nc2nc(N[C@@H]3CCOC[C@@H]3N)c(F)c3c[nH]c(O)c23)c1. The van der Waals surface area contributed by atoms with Gasteiger partial charge in [-0.1, -0.05) is 12.1 Å². The maximum atomic E-state index is 15.0. The summed E-state index contributed by atoms with van der Waals surface area (Å²) >= 11 is 0. The second kappa shape index (κ2) is 7.05. The lowest BCUT2D eigenvalue weighted by Crippen LogP contribution is -2.47. The lowest BCUT2D eigenvalue weighted by atomic mass is 10.0. The first kappa shape index (κ1) is 17.6. The van der Waals surface area contributed by atoms with Crippen molar-refractivity contribution < 1.29 is 14.2 Å². The summed E-state index contributed by atoms with van der Waals surface area (Å²) in [6, 6.07) is 7.33. The molecule has 6 N–H and O–H groups in total. The van der Waals surface area contributed by atoms with E-state index < -0.39 is 5.82 Å². The van der Waals surface area contributed by atoms with Gasteiger partial charge in [0.05, 0.1) is 12.0 Å². The molecule has 0 unspecified atom stereocenters. The van der Waals surface area contributed by atoms with Crippen molar-refractivity contribution in [1.82, 2.24) is 9.97 Å². The van der Waals surface area contributed by atoms with E-state index in [9.17, 15) is 9.50 Å². The van der Waals surface area contributed by atoms with Gasteiger partial charge in [0.1, 0.15) is 5.82 Å². The summed E-state index contributed by atoms with van der Waals surface area (Å²) in [6.07, 6.45) is 2.09. The Morgan fingerprint density at radius 1 is 1.37 bits per heavy atom. The number of nitrogens with two attached hydrogens (primary N) is 1. The molecule has 4 rings (SSSR count). The Morgan fingerprint density at radius 2 is 2.22 bits per heavy atom. The largest absolute Gasteiger partial charge is 0.494 e.